The van der Waals surface area contributed by atoms with Crippen molar-refractivity contribution in [3.05, 3.63) is 30.4 Å². The highest BCUT2D eigenvalue weighted by Crippen LogP contribution is 2.31. The van der Waals surface area contributed by atoms with E-state index in [1.54, 1.807) is 0 Å². The normalized spacial score (nSPS) is 15.5. The van der Waals surface area contributed by atoms with Gasteiger partial charge in [0.2, 0.25) is 0 Å². The van der Waals surface area contributed by atoms with Crippen LogP contribution in [0.25, 0.3) is 0 Å². The number of para-hydroxylation sites is 1. The van der Waals surface area contributed by atoms with E-state index in [2.05, 4.69) is 17.5 Å². The molecule has 0 heterocycles. The fraction of sp³-hybridized carbons (Fsp3) is 0.429. The molecule has 0 aromatic heterocycles. The Morgan fingerprint density at radius 1 is 1.29 bits per heavy atom. The minimum absolute atomic E-state index is 0.140. The van der Waals surface area contributed by atoms with Gasteiger partial charge in [-0.15, -0.1) is 0 Å². The number of nitrogens with two attached hydrogens (primary N) is 1. The highest BCUT2D eigenvalue weighted by Gasteiger charge is 2.13. The highest BCUT2D eigenvalue weighted by atomic mass is 16.5. The maximum atomic E-state index is 6.10. The summed E-state index contributed by atoms with van der Waals surface area (Å²) in [4.78, 5) is 0. The predicted molar refractivity (Wildman–Crippen MR) is 72.4 cm³/mol. The zero-order chi connectivity index (χ0) is 12.3. The van der Waals surface area contributed by atoms with Crippen LogP contribution in [0.5, 0.6) is 5.75 Å². The molecule has 0 unspecified atom stereocenters. The molecule has 92 valence electrons. The molecule has 1 aliphatic rings. The lowest BCUT2D eigenvalue weighted by atomic mass is 10.2. The summed E-state index contributed by atoms with van der Waals surface area (Å²) in [7, 11) is 0. The zero-order valence-corrected chi connectivity index (χ0v) is 10.4. The van der Waals surface area contributed by atoms with Crippen LogP contribution in [0, 0.1) is 0 Å². The van der Waals surface area contributed by atoms with Gasteiger partial charge in [-0.05, 0) is 38.8 Å². The summed E-state index contributed by atoms with van der Waals surface area (Å²) in [6.45, 7) is 4.00. The molecule has 1 aromatic carbocycles. The Balaban J connectivity index is 2.11. The molecule has 3 nitrogen and oxygen atoms in total. The summed E-state index contributed by atoms with van der Waals surface area (Å²) in [6, 6.07) is 6.35. The number of nitrogens with one attached hydrogen (secondary N) is 1. The lowest BCUT2D eigenvalue weighted by Crippen LogP contribution is -2.16. The van der Waals surface area contributed by atoms with Crippen LogP contribution in [-0.4, -0.2) is 12.1 Å². The third-order valence-corrected chi connectivity index (χ3v) is 2.80. The van der Waals surface area contributed by atoms with Gasteiger partial charge >= 0.3 is 0 Å². The fourth-order valence-corrected chi connectivity index (χ4v) is 1.98. The third-order valence-electron chi connectivity index (χ3n) is 2.80. The van der Waals surface area contributed by atoms with Crippen molar-refractivity contribution in [2.45, 2.75) is 38.8 Å². The number of hydrogen-bond donors (Lipinski definition) is 2. The Hall–Kier alpha value is -1.64. The van der Waals surface area contributed by atoms with Crippen LogP contribution in [0.15, 0.2) is 30.4 Å². The van der Waals surface area contributed by atoms with Crippen molar-refractivity contribution in [3.63, 3.8) is 0 Å². The van der Waals surface area contributed by atoms with Gasteiger partial charge in [-0.2, -0.15) is 0 Å². The van der Waals surface area contributed by atoms with E-state index in [-0.39, 0.29) is 6.10 Å². The van der Waals surface area contributed by atoms with Crippen LogP contribution < -0.4 is 15.8 Å². The van der Waals surface area contributed by atoms with Crippen LogP contribution in [0.4, 0.5) is 11.4 Å². The van der Waals surface area contributed by atoms with E-state index in [9.17, 15) is 0 Å². The van der Waals surface area contributed by atoms with Gasteiger partial charge in [-0.1, -0.05) is 18.2 Å². The van der Waals surface area contributed by atoms with Gasteiger partial charge in [0.25, 0.3) is 0 Å². The minimum atomic E-state index is 0.140. The second kappa shape index (κ2) is 5.13. The molecule has 2 rings (SSSR count). The standard InChI is InChI=1S/C14H20N2O/c1-10(2)17-13-9-5-8-12(14(13)15)16-11-6-3-4-7-11/h3-5,8-11,16H,6-7,15H2,1-2H3. The third kappa shape index (κ3) is 2.93. The van der Waals surface area contributed by atoms with E-state index in [0.717, 1.165) is 24.3 Å². The van der Waals surface area contributed by atoms with E-state index in [0.29, 0.717) is 11.7 Å². The molecule has 0 bridgehead atoms. The number of rotatable bonds is 4. The second-order valence-electron chi connectivity index (χ2n) is 4.67. The van der Waals surface area contributed by atoms with Crippen molar-refractivity contribution in [2.24, 2.45) is 0 Å². The molecule has 1 aromatic rings. The molecule has 0 amide bonds. The topological polar surface area (TPSA) is 47.3 Å². The molecule has 0 atom stereocenters. The van der Waals surface area contributed by atoms with Gasteiger partial charge in [0.05, 0.1) is 17.5 Å². The maximum Gasteiger partial charge on any atom is 0.144 e. The van der Waals surface area contributed by atoms with Gasteiger partial charge in [-0.3, -0.25) is 0 Å². The minimum Gasteiger partial charge on any atom is -0.489 e. The first-order valence-corrected chi connectivity index (χ1v) is 6.13. The summed E-state index contributed by atoms with van der Waals surface area (Å²) >= 11 is 0. The first kappa shape index (κ1) is 11.8. The molecule has 0 radical (unpaired) electrons. The molecule has 1 aliphatic carbocycles. The van der Waals surface area contributed by atoms with Crippen molar-refractivity contribution in [1.29, 1.82) is 0 Å². The van der Waals surface area contributed by atoms with E-state index >= 15 is 0 Å². The van der Waals surface area contributed by atoms with E-state index < -0.39 is 0 Å². The Labute approximate surface area is 103 Å². The second-order valence-corrected chi connectivity index (χ2v) is 4.67. The molecule has 0 aliphatic heterocycles. The fourth-order valence-electron chi connectivity index (χ4n) is 1.98. The Morgan fingerprint density at radius 3 is 2.65 bits per heavy atom. The van der Waals surface area contributed by atoms with Crippen LogP contribution in [0.1, 0.15) is 26.7 Å². The molecular formula is C14H20N2O. The van der Waals surface area contributed by atoms with Crippen LogP contribution in [0.2, 0.25) is 0 Å². The molecule has 0 fully saturated rings. The van der Waals surface area contributed by atoms with E-state index in [1.807, 2.05) is 32.0 Å². The number of hydrogen-bond acceptors (Lipinski definition) is 3. The molecule has 3 heteroatoms. The quantitative estimate of drug-likeness (QED) is 0.619. The molecular weight excluding hydrogens is 212 g/mol. The first-order valence-electron chi connectivity index (χ1n) is 6.13. The van der Waals surface area contributed by atoms with Gasteiger partial charge in [0.1, 0.15) is 5.75 Å². The first-order chi connectivity index (χ1) is 8.16. The summed E-state index contributed by atoms with van der Waals surface area (Å²) in [5, 5.41) is 3.46. The summed E-state index contributed by atoms with van der Waals surface area (Å²) in [5.41, 5.74) is 7.77. The van der Waals surface area contributed by atoms with Gasteiger partial charge < -0.3 is 15.8 Å². The molecule has 0 saturated heterocycles. The highest BCUT2D eigenvalue weighted by molar-refractivity contribution is 5.73. The van der Waals surface area contributed by atoms with Crippen molar-refractivity contribution in [1.82, 2.24) is 0 Å². The van der Waals surface area contributed by atoms with E-state index in [4.69, 9.17) is 10.5 Å². The average Bonchev–Trinajstić information content (AvgIpc) is 2.76. The molecule has 0 saturated carbocycles. The van der Waals surface area contributed by atoms with Crippen molar-refractivity contribution < 1.29 is 4.74 Å². The average molecular weight is 232 g/mol. The molecule has 17 heavy (non-hydrogen) atoms. The Morgan fingerprint density at radius 2 is 2.00 bits per heavy atom. The van der Waals surface area contributed by atoms with Crippen LogP contribution >= 0.6 is 0 Å². The SMILES string of the molecule is CC(C)Oc1cccc(NC2CC=CC2)c1N. The number of benzene rings is 1. The van der Waals surface area contributed by atoms with Crippen LogP contribution in [0.3, 0.4) is 0 Å². The lowest BCUT2D eigenvalue weighted by molar-refractivity contribution is 0.244. The van der Waals surface area contributed by atoms with Crippen LogP contribution in [-0.2, 0) is 0 Å². The monoisotopic (exact) mass is 232 g/mol. The largest absolute Gasteiger partial charge is 0.489 e. The summed E-state index contributed by atoms with van der Waals surface area (Å²) in [6.07, 6.45) is 6.66. The van der Waals surface area contributed by atoms with Crippen molar-refractivity contribution >= 4 is 11.4 Å². The van der Waals surface area contributed by atoms with Gasteiger partial charge in [0.15, 0.2) is 0 Å². The Kier molecular flexibility index (Phi) is 3.57. The summed E-state index contributed by atoms with van der Waals surface area (Å²) < 4.78 is 5.67. The maximum absolute atomic E-state index is 6.10. The van der Waals surface area contributed by atoms with Gasteiger partial charge in [-0.25, -0.2) is 0 Å². The van der Waals surface area contributed by atoms with E-state index in [1.165, 1.54) is 0 Å². The molecule has 3 N–H and O–H groups in total. The smallest absolute Gasteiger partial charge is 0.144 e. The zero-order valence-electron chi connectivity index (χ0n) is 10.4. The number of ether oxygens (including phenoxy) is 1. The number of anilines is 2. The lowest BCUT2D eigenvalue weighted by Gasteiger charge is -2.18. The van der Waals surface area contributed by atoms with Gasteiger partial charge in [0, 0.05) is 6.04 Å². The van der Waals surface area contributed by atoms with Crippen molar-refractivity contribution in [3.8, 4) is 5.75 Å². The Bertz CT molecular complexity index is 405. The van der Waals surface area contributed by atoms with Crippen molar-refractivity contribution in [2.75, 3.05) is 11.1 Å². The predicted octanol–water partition coefficient (Wildman–Crippen LogP) is 3.19. The molecule has 0 spiro atoms. The summed E-state index contributed by atoms with van der Waals surface area (Å²) in [5.74, 6) is 0.760. The number of nitrogen functional groups attached to an aromatic ring is 1.